The van der Waals surface area contributed by atoms with Gasteiger partial charge in [-0.3, -0.25) is 4.79 Å². The molecule has 0 radical (unpaired) electrons. The highest BCUT2D eigenvalue weighted by Gasteiger charge is 2.35. The molecule has 0 aliphatic carbocycles. The van der Waals surface area contributed by atoms with Crippen LogP contribution in [0.25, 0.3) is 21.9 Å². The van der Waals surface area contributed by atoms with E-state index in [1.165, 1.54) is 0 Å². The molecule has 2 atom stereocenters. The summed E-state index contributed by atoms with van der Waals surface area (Å²) in [6.45, 7) is 0.865. The smallest absolute Gasteiger partial charge is 0.254 e. The molecular formula is C24H25ClN2O3. The van der Waals surface area contributed by atoms with Crippen molar-refractivity contribution in [2.45, 2.75) is 12.1 Å². The average Bonchev–Trinajstić information content (AvgIpc) is 3.14. The lowest BCUT2D eigenvalue weighted by Crippen LogP contribution is -2.38. The van der Waals surface area contributed by atoms with E-state index in [0.717, 1.165) is 27.6 Å². The number of halogens is 1. The summed E-state index contributed by atoms with van der Waals surface area (Å²) in [5.41, 5.74) is 2.52. The van der Waals surface area contributed by atoms with Gasteiger partial charge in [0.1, 0.15) is 5.75 Å². The van der Waals surface area contributed by atoms with Crippen molar-refractivity contribution in [3.63, 3.8) is 0 Å². The fourth-order valence-electron chi connectivity index (χ4n) is 4.17. The Bertz CT molecular complexity index is 1100. The largest absolute Gasteiger partial charge is 0.496 e. The van der Waals surface area contributed by atoms with E-state index in [9.17, 15) is 9.90 Å². The lowest BCUT2D eigenvalue weighted by Gasteiger charge is -2.21. The fourth-order valence-corrected chi connectivity index (χ4v) is 4.34. The molecule has 5 nitrogen and oxygen atoms in total. The molecule has 1 fully saturated rings. The van der Waals surface area contributed by atoms with E-state index in [1.54, 1.807) is 18.1 Å². The molecule has 0 bridgehead atoms. The van der Waals surface area contributed by atoms with Crippen LogP contribution in [0, 0.1) is 0 Å². The number of likely N-dealkylation sites (N-methyl/N-ethyl adjacent to an activating group) is 1. The third-order valence-corrected chi connectivity index (χ3v) is 6.02. The van der Waals surface area contributed by atoms with Gasteiger partial charge in [0.05, 0.1) is 19.3 Å². The quantitative estimate of drug-likeness (QED) is 0.689. The number of ether oxygens (including phenoxy) is 1. The topological polar surface area (TPSA) is 53.0 Å². The lowest BCUT2D eigenvalue weighted by atomic mass is 9.96. The number of nitrogens with zero attached hydrogens (tertiary/aromatic N) is 2. The summed E-state index contributed by atoms with van der Waals surface area (Å²) in [4.78, 5) is 16.7. The number of aliphatic hydroxyl groups is 1. The number of methoxy groups -OCH3 is 1. The summed E-state index contributed by atoms with van der Waals surface area (Å²) in [7, 11) is 5.48. The van der Waals surface area contributed by atoms with Gasteiger partial charge in [-0.2, -0.15) is 0 Å². The Morgan fingerprint density at radius 2 is 1.90 bits per heavy atom. The minimum Gasteiger partial charge on any atom is -0.496 e. The van der Waals surface area contributed by atoms with Crippen molar-refractivity contribution in [3.8, 4) is 16.9 Å². The van der Waals surface area contributed by atoms with Gasteiger partial charge in [-0.25, -0.2) is 0 Å². The Labute approximate surface area is 181 Å². The molecule has 156 valence electrons. The number of carbonyl (C=O) groups is 1. The Kier molecular flexibility index (Phi) is 5.69. The average molecular weight is 425 g/mol. The molecule has 4 rings (SSSR count). The number of carbonyl (C=O) groups excluding carboxylic acids is 1. The summed E-state index contributed by atoms with van der Waals surface area (Å²) in [5, 5.41) is 12.9. The van der Waals surface area contributed by atoms with Crippen LogP contribution in [0.3, 0.4) is 0 Å². The second kappa shape index (κ2) is 8.26. The van der Waals surface area contributed by atoms with E-state index >= 15 is 0 Å². The molecule has 3 aromatic rings. The van der Waals surface area contributed by atoms with Crippen molar-refractivity contribution in [3.05, 3.63) is 65.2 Å². The number of hydrogen-bond acceptors (Lipinski definition) is 4. The van der Waals surface area contributed by atoms with Crippen molar-refractivity contribution in [1.82, 2.24) is 9.80 Å². The summed E-state index contributed by atoms with van der Waals surface area (Å²) >= 11 is 6.23. The highest BCUT2D eigenvalue weighted by Crippen LogP contribution is 2.37. The molecule has 3 aromatic carbocycles. The minimum atomic E-state index is -0.536. The number of amides is 1. The van der Waals surface area contributed by atoms with E-state index < -0.39 is 6.10 Å². The Balaban J connectivity index is 1.70. The maximum atomic E-state index is 13.1. The van der Waals surface area contributed by atoms with Crippen LogP contribution in [0.5, 0.6) is 5.75 Å². The first-order valence-electron chi connectivity index (χ1n) is 9.89. The van der Waals surface area contributed by atoms with Gasteiger partial charge in [-0.15, -0.1) is 0 Å². The first kappa shape index (κ1) is 20.7. The van der Waals surface area contributed by atoms with Crippen molar-refractivity contribution in [1.29, 1.82) is 0 Å². The lowest BCUT2D eigenvalue weighted by molar-refractivity contribution is 0.0764. The molecule has 0 aromatic heterocycles. The van der Waals surface area contributed by atoms with Crippen molar-refractivity contribution in [2.24, 2.45) is 0 Å². The van der Waals surface area contributed by atoms with Crippen LogP contribution in [0.15, 0.2) is 54.6 Å². The van der Waals surface area contributed by atoms with Gasteiger partial charge in [0, 0.05) is 29.2 Å². The van der Waals surface area contributed by atoms with Crippen molar-refractivity contribution < 1.29 is 14.6 Å². The van der Waals surface area contributed by atoms with Gasteiger partial charge in [0.2, 0.25) is 0 Å². The molecule has 0 saturated carbocycles. The molecule has 1 saturated heterocycles. The van der Waals surface area contributed by atoms with Crippen LogP contribution in [0.2, 0.25) is 5.02 Å². The zero-order valence-electron chi connectivity index (χ0n) is 17.3. The second-order valence-corrected chi connectivity index (χ2v) is 8.33. The molecule has 1 amide bonds. The summed E-state index contributed by atoms with van der Waals surface area (Å²) < 4.78 is 5.53. The molecule has 1 N–H and O–H groups in total. The van der Waals surface area contributed by atoms with E-state index in [-0.39, 0.29) is 11.9 Å². The molecule has 1 aliphatic heterocycles. The van der Waals surface area contributed by atoms with Crippen LogP contribution in [0.1, 0.15) is 10.4 Å². The summed E-state index contributed by atoms with van der Waals surface area (Å²) in [6, 6.07) is 17.2. The van der Waals surface area contributed by atoms with Gasteiger partial charge in [-0.05, 0) is 60.8 Å². The first-order chi connectivity index (χ1) is 14.4. The van der Waals surface area contributed by atoms with Crippen LogP contribution < -0.4 is 4.74 Å². The molecular weight excluding hydrogens is 400 g/mol. The molecule has 1 aliphatic rings. The minimum absolute atomic E-state index is 0.0451. The Morgan fingerprint density at radius 3 is 2.60 bits per heavy atom. The monoisotopic (exact) mass is 424 g/mol. The first-order valence-corrected chi connectivity index (χ1v) is 10.3. The van der Waals surface area contributed by atoms with Crippen LogP contribution >= 0.6 is 11.6 Å². The van der Waals surface area contributed by atoms with E-state index in [2.05, 4.69) is 0 Å². The highest BCUT2D eigenvalue weighted by atomic mass is 35.5. The summed E-state index contributed by atoms with van der Waals surface area (Å²) in [5.74, 6) is 0.680. The van der Waals surface area contributed by atoms with Crippen LogP contribution in [-0.4, -0.2) is 67.3 Å². The van der Waals surface area contributed by atoms with E-state index in [4.69, 9.17) is 16.3 Å². The zero-order chi connectivity index (χ0) is 21.4. The third kappa shape index (κ3) is 3.76. The number of rotatable bonds is 4. The van der Waals surface area contributed by atoms with E-state index in [1.807, 2.05) is 67.5 Å². The van der Waals surface area contributed by atoms with Crippen molar-refractivity contribution >= 4 is 28.3 Å². The molecule has 0 unspecified atom stereocenters. The second-order valence-electron chi connectivity index (χ2n) is 7.89. The van der Waals surface area contributed by atoms with Gasteiger partial charge in [0.25, 0.3) is 5.91 Å². The predicted octanol–water partition coefficient (Wildman–Crippen LogP) is 3.92. The zero-order valence-corrected chi connectivity index (χ0v) is 18.1. The van der Waals surface area contributed by atoms with Gasteiger partial charge >= 0.3 is 0 Å². The van der Waals surface area contributed by atoms with E-state index in [0.29, 0.717) is 23.7 Å². The fraction of sp³-hybridized carbons (Fsp3) is 0.292. The molecule has 1 heterocycles. The number of likely N-dealkylation sites (tertiary alicyclic amines) is 1. The molecule has 6 heteroatoms. The van der Waals surface area contributed by atoms with Crippen molar-refractivity contribution in [2.75, 3.05) is 34.3 Å². The Hall–Kier alpha value is -2.60. The van der Waals surface area contributed by atoms with Gasteiger partial charge in [-0.1, -0.05) is 35.9 Å². The Morgan fingerprint density at radius 1 is 1.10 bits per heavy atom. The van der Waals surface area contributed by atoms with Gasteiger partial charge in [0.15, 0.2) is 0 Å². The number of β-amino-alcohol motifs (C(OH)–C–C–N with tert-alkyl or cyclic N) is 1. The number of aliphatic hydroxyl groups excluding tert-OH is 1. The number of benzene rings is 3. The van der Waals surface area contributed by atoms with Crippen LogP contribution in [0.4, 0.5) is 0 Å². The number of fused-ring (bicyclic) bond motifs is 1. The highest BCUT2D eigenvalue weighted by molar-refractivity contribution is 6.31. The SMILES string of the molecule is COc1ccc(Cl)cc1-c1cccc2cc(C(=O)N3C[C@H](O)[C@@H](N(C)C)C3)ccc12. The predicted molar refractivity (Wildman–Crippen MR) is 120 cm³/mol. The van der Waals surface area contributed by atoms with Crippen LogP contribution in [-0.2, 0) is 0 Å². The summed E-state index contributed by atoms with van der Waals surface area (Å²) in [6.07, 6.45) is -0.536. The molecule has 0 spiro atoms. The normalized spacial score (nSPS) is 18.9. The maximum Gasteiger partial charge on any atom is 0.254 e. The maximum absolute atomic E-state index is 13.1. The number of hydrogen-bond donors (Lipinski definition) is 1. The molecule has 30 heavy (non-hydrogen) atoms. The van der Waals surface area contributed by atoms with Gasteiger partial charge < -0.3 is 19.6 Å². The third-order valence-electron chi connectivity index (χ3n) is 5.79. The standard InChI is InChI=1S/C24H25ClN2O3/c1-26(2)21-13-27(14-22(21)28)24(29)16-7-9-18-15(11-16)5-4-6-19(18)20-12-17(25)8-10-23(20)30-3/h4-12,21-22,28H,13-14H2,1-3H3/t21-,22-/m0/s1.